The van der Waals surface area contributed by atoms with Crippen LogP contribution in [0.15, 0.2) is 16.8 Å². The average molecular weight is 385 g/mol. The first-order valence-electron chi connectivity index (χ1n) is 9.95. The van der Waals surface area contributed by atoms with Gasteiger partial charge in [0.1, 0.15) is 5.82 Å². The monoisotopic (exact) mass is 385 g/mol. The summed E-state index contributed by atoms with van der Waals surface area (Å²) in [6.07, 6.45) is 3.91. The Balaban J connectivity index is 1.50. The van der Waals surface area contributed by atoms with Crippen LogP contribution < -0.4 is 0 Å². The van der Waals surface area contributed by atoms with Gasteiger partial charge >= 0.3 is 0 Å². The molecule has 1 unspecified atom stereocenters. The number of ether oxygens (including phenoxy) is 1. The van der Waals surface area contributed by atoms with Crippen LogP contribution in [0, 0.1) is 13.8 Å². The third-order valence-corrected chi connectivity index (χ3v) is 5.45. The zero-order chi connectivity index (χ0) is 19.5. The Kier molecular flexibility index (Phi) is 5.68. The van der Waals surface area contributed by atoms with Crippen molar-refractivity contribution in [2.45, 2.75) is 32.6 Å². The van der Waals surface area contributed by atoms with Crippen molar-refractivity contribution in [3.63, 3.8) is 0 Å². The third kappa shape index (κ3) is 4.23. The zero-order valence-electron chi connectivity index (χ0n) is 16.6. The zero-order valence-corrected chi connectivity index (χ0v) is 16.6. The van der Waals surface area contributed by atoms with Crippen LogP contribution in [0.4, 0.5) is 0 Å². The molecule has 0 saturated carbocycles. The lowest BCUT2D eigenvalue weighted by Gasteiger charge is -2.35. The number of likely N-dealkylation sites (tertiary alicyclic amines) is 1. The number of aryl methyl sites for hydroxylation is 2. The van der Waals surface area contributed by atoms with Crippen molar-refractivity contribution in [3.05, 3.63) is 29.5 Å². The van der Waals surface area contributed by atoms with Crippen LogP contribution in [0.3, 0.4) is 0 Å². The van der Waals surface area contributed by atoms with Crippen LogP contribution in [0.25, 0.3) is 11.3 Å². The summed E-state index contributed by atoms with van der Waals surface area (Å²) in [7, 11) is 0. The van der Waals surface area contributed by atoms with E-state index in [1.807, 2.05) is 31.0 Å². The Morgan fingerprint density at radius 2 is 2.07 bits per heavy atom. The summed E-state index contributed by atoms with van der Waals surface area (Å²) in [5, 5.41) is 4.01. The van der Waals surface area contributed by atoms with Gasteiger partial charge in [-0.2, -0.15) is 0 Å². The fourth-order valence-electron chi connectivity index (χ4n) is 4.01. The Labute approximate surface area is 164 Å². The number of carbonyl (C=O) groups is 1. The molecule has 150 valence electrons. The molecule has 0 bridgehead atoms. The number of hydrogen-bond donors (Lipinski definition) is 0. The maximum Gasteiger partial charge on any atom is 0.236 e. The van der Waals surface area contributed by atoms with Gasteiger partial charge in [0.25, 0.3) is 0 Å². The number of morpholine rings is 1. The molecule has 4 rings (SSSR count). The first-order valence-corrected chi connectivity index (χ1v) is 9.95. The van der Waals surface area contributed by atoms with Gasteiger partial charge in [-0.15, -0.1) is 0 Å². The molecule has 0 aliphatic carbocycles. The van der Waals surface area contributed by atoms with Gasteiger partial charge in [-0.25, -0.2) is 9.97 Å². The predicted molar refractivity (Wildman–Crippen MR) is 103 cm³/mol. The van der Waals surface area contributed by atoms with Gasteiger partial charge in [0.05, 0.1) is 36.7 Å². The molecule has 0 N–H and O–H groups in total. The van der Waals surface area contributed by atoms with Gasteiger partial charge in [0, 0.05) is 37.8 Å². The van der Waals surface area contributed by atoms with E-state index in [0.717, 1.165) is 48.7 Å². The molecule has 8 heteroatoms. The van der Waals surface area contributed by atoms with Crippen molar-refractivity contribution in [1.82, 2.24) is 24.9 Å². The number of nitrogens with zero attached hydrogens (tertiary/aromatic N) is 5. The Bertz CT molecular complexity index is 831. The molecule has 0 spiro atoms. The summed E-state index contributed by atoms with van der Waals surface area (Å²) in [5.74, 6) is 1.88. The molecule has 2 saturated heterocycles. The van der Waals surface area contributed by atoms with Gasteiger partial charge in [-0.3, -0.25) is 9.69 Å². The Hall–Kier alpha value is -2.32. The molecule has 0 radical (unpaired) electrons. The van der Waals surface area contributed by atoms with Gasteiger partial charge in [0.15, 0.2) is 5.76 Å². The van der Waals surface area contributed by atoms with Gasteiger partial charge < -0.3 is 14.2 Å². The summed E-state index contributed by atoms with van der Waals surface area (Å²) in [4.78, 5) is 25.9. The highest BCUT2D eigenvalue weighted by atomic mass is 16.5. The van der Waals surface area contributed by atoms with Crippen LogP contribution >= 0.6 is 0 Å². The molecule has 1 atom stereocenters. The van der Waals surface area contributed by atoms with Crippen LogP contribution in [0.1, 0.15) is 36.0 Å². The normalized spacial score (nSPS) is 21.1. The molecular weight excluding hydrogens is 358 g/mol. The highest BCUT2D eigenvalue weighted by Gasteiger charge is 2.28. The number of hydrogen-bond acceptors (Lipinski definition) is 7. The van der Waals surface area contributed by atoms with Crippen molar-refractivity contribution in [2.24, 2.45) is 0 Å². The second-order valence-electron chi connectivity index (χ2n) is 7.62. The van der Waals surface area contributed by atoms with Crippen LogP contribution in [-0.2, 0) is 9.53 Å². The minimum absolute atomic E-state index is 0.189. The molecule has 4 heterocycles. The molecule has 28 heavy (non-hydrogen) atoms. The molecule has 2 aliphatic rings. The summed E-state index contributed by atoms with van der Waals surface area (Å²) >= 11 is 0. The Morgan fingerprint density at radius 1 is 1.25 bits per heavy atom. The Morgan fingerprint density at radius 3 is 2.82 bits per heavy atom. The van der Waals surface area contributed by atoms with E-state index in [2.05, 4.69) is 15.0 Å². The van der Waals surface area contributed by atoms with Crippen molar-refractivity contribution in [1.29, 1.82) is 0 Å². The standard InChI is InChI=1S/C20H27N5O3/c1-14-10-18(28-23-14)17-11-21-15(2)22-20(17)16-4-3-5-24(12-16)13-19(26)25-6-8-27-9-7-25/h10-11,16H,3-9,12-13H2,1-2H3. The lowest BCUT2D eigenvalue weighted by molar-refractivity contribution is -0.136. The van der Waals surface area contributed by atoms with Crippen LogP contribution in [0.2, 0.25) is 0 Å². The molecule has 2 aliphatic heterocycles. The van der Waals surface area contributed by atoms with Crippen LogP contribution in [-0.4, -0.2) is 76.8 Å². The third-order valence-electron chi connectivity index (χ3n) is 5.45. The SMILES string of the molecule is Cc1cc(-c2cnc(C)nc2C2CCCN(CC(=O)N3CCOCC3)C2)on1. The highest BCUT2D eigenvalue weighted by molar-refractivity contribution is 5.78. The van der Waals surface area contributed by atoms with E-state index in [1.165, 1.54) is 0 Å². The van der Waals surface area contributed by atoms with Gasteiger partial charge in [-0.1, -0.05) is 5.16 Å². The summed E-state index contributed by atoms with van der Waals surface area (Å²) in [6.45, 7) is 8.66. The average Bonchev–Trinajstić information content (AvgIpc) is 3.15. The minimum Gasteiger partial charge on any atom is -0.378 e. The number of carbonyl (C=O) groups excluding carboxylic acids is 1. The van der Waals surface area contributed by atoms with E-state index in [-0.39, 0.29) is 11.8 Å². The van der Waals surface area contributed by atoms with Gasteiger partial charge in [0.2, 0.25) is 5.91 Å². The second-order valence-corrected chi connectivity index (χ2v) is 7.62. The van der Waals surface area contributed by atoms with Crippen molar-refractivity contribution in [2.75, 3.05) is 45.9 Å². The number of aromatic nitrogens is 3. The van der Waals surface area contributed by atoms with E-state index >= 15 is 0 Å². The summed E-state index contributed by atoms with van der Waals surface area (Å²) in [6, 6.07) is 1.92. The van der Waals surface area contributed by atoms with Crippen molar-refractivity contribution in [3.8, 4) is 11.3 Å². The lowest BCUT2D eigenvalue weighted by Crippen LogP contribution is -2.47. The number of rotatable bonds is 4. The molecule has 0 aromatic carbocycles. The molecular formula is C20H27N5O3. The molecule has 1 amide bonds. The second kappa shape index (κ2) is 8.36. The smallest absolute Gasteiger partial charge is 0.236 e. The van der Waals surface area contributed by atoms with E-state index < -0.39 is 0 Å². The first-order chi connectivity index (χ1) is 13.6. The van der Waals surface area contributed by atoms with Gasteiger partial charge in [-0.05, 0) is 33.2 Å². The van der Waals surface area contributed by atoms with Crippen LogP contribution in [0.5, 0.6) is 0 Å². The number of amides is 1. The first kappa shape index (κ1) is 19.0. The lowest BCUT2D eigenvalue weighted by atomic mass is 9.91. The predicted octanol–water partition coefficient (Wildman–Crippen LogP) is 1.79. The van der Waals surface area contributed by atoms with Crippen molar-refractivity contribution < 1.29 is 14.1 Å². The fourth-order valence-corrected chi connectivity index (χ4v) is 4.01. The maximum absolute atomic E-state index is 12.6. The fraction of sp³-hybridized carbons (Fsp3) is 0.600. The molecule has 2 aromatic rings. The number of piperidine rings is 1. The summed E-state index contributed by atoms with van der Waals surface area (Å²) in [5.41, 5.74) is 2.73. The van der Waals surface area contributed by atoms with E-state index in [4.69, 9.17) is 14.2 Å². The molecule has 8 nitrogen and oxygen atoms in total. The largest absolute Gasteiger partial charge is 0.378 e. The highest BCUT2D eigenvalue weighted by Crippen LogP contribution is 2.33. The van der Waals surface area contributed by atoms with Crippen molar-refractivity contribution >= 4 is 5.91 Å². The van der Waals surface area contributed by atoms with E-state index in [1.54, 1.807) is 0 Å². The molecule has 2 aromatic heterocycles. The quantitative estimate of drug-likeness (QED) is 0.793. The topological polar surface area (TPSA) is 84.6 Å². The maximum atomic E-state index is 12.6. The minimum atomic E-state index is 0.189. The molecule has 2 fully saturated rings. The van der Waals surface area contributed by atoms with E-state index in [9.17, 15) is 4.79 Å². The van der Waals surface area contributed by atoms with E-state index in [0.29, 0.717) is 38.6 Å². The summed E-state index contributed by atoms with van der Waals surface area (Å²) < 4.78 is 10.8.